The zero-order chi connectivity index (χ0) is 19.8. The molecule has 2 aromatic heterocycles. The van der Waals surface area contributed by atoms with Crippen LogP contribution < -0.4 is 10.3 Å². The van der Waals surface area contributed by atoms with E-state index < -0.39 is 0 Å². The monoisotopic (exact) mass is 373 g/mol. The number of ether oxygens (including phenoxy) is 1. The van der Waals surface area contributed by atoms with E-state index >= 15 is 0 Å². The molecule has 0 saturated heterocycles. The third kappa shape index (κ3) is 2.89. The first-order chi connectivity index (χ1) is 13.5. The fourth-order valence-corrected chi connectivity index (χ4v) is 3.60. The Balaban J connectivity index is 2.03. The summed E-state index contributed by atoms with van der Waals surface area (Å²) in [5.74, 6) is 0.664. The van der Waals surface area contributed by atoms with Gasteiger partial charge in [0.2, 0.25) is 0 Å². The molecule has 0 unspecified atom stereocenters. The Morgan fingerprint density at radius 2 is 1.86 bits per heavy atom. The molecule has 5 heteroatoms. The molecular weight excluding hydrogens is 350 g/mol. The molecular formula is C23H23N3O2. The first-order valence-corrected chi connectivity index (χ1v) is 9.34. The van der Waals surface area contributed by atoms with E-state index in [9.17, 15) is 4.79 Å². The van der Waals surface area contributed by atoms with Crippen molar-refractivity contribution in [2.75, 3.05) is 7.11 Å². The normalized spacial score (nSPS) is 11.3. The summed E-state index contributed by atoms with van der Waals surface area (Å²) >= 11 is 0. The average molecular weight is 373 g/mol. The van der Waals surface area contributed by atoms with Gasteiger partial charge in [-0.15, -0.1) is 0 Å². The molecule has 0 amide bonds. The highest BCUT2D eigenvalue weighted by Gasteiger charge is 2.16. The van der Waals surface area contributed by atoms with Crippen LogP contribution in [0.5, 0.6) is 5.75 Å². The molecule has 0 fully saturated rings. The zero-order valence-electron chi connectivity index (χ0n) is 16.5. The van der Waals surface area contributed by atoms with Gasteiger partial charge in [-0.25, -0.2) is 0 Å². The van der Waals surface area contributed by atoms with Crippen molar-refractivity contribution in [3.05, 3.63) is 77.0 Å². The summed E-state index contributed by atoms with van der Waals surface area (Å²) in [6, 6.07) is 15.8. The predicted octanol–water partition coefficient (Wildman–Crippen LogP) is 4.75. The van der Waals surface area contributed by atoms with E-state index in [1.54, 1.807) is 11.7 Å². The van der Waals surface area contributed by atoms with E-state index in [1.807, 2.05) is 72.5 Å². The number of rotatable bonds is 4. The van der Waals surface area contributed by atoms with Gasteiger partial charge >= 0.3 is 0 Å². The lowest BCUT2D eigenvalue weighted by Crippen LogP contribution is -2.21. The minimum Gasteiger partial charge on any atom is -0.495 e. The Morgan fingerprint density at radius 1 is 1.07 bits per heavy atom. The molecule has 28 heavy (non-hydrogen) atoms. The van der Waals surface area contributed by atoms with Crippen LogP contribution in [0.3, 0.4) is 0 Å². The van der Waals surface area contributed by atoms with Gasteiger partial charge in [0.1, 0.15) is 5.75 Å². The molecule has 0 atom stereocenters. The lowest BCUT2D eigenvalue weighted by Gasteiger charge is -2.16. The molecule has 0 radical (unpaired) electrons. The zero-order valence-corrected chi connectivity index (χ0v) is 16.5. The van der Waals surface area contributed by atoms with E-state index in [0.717, 1.165) is 27.9 Å². The van der Waals surface area contributed by atoms with E-state index in [2.05, 4.69) is 18.9 Å². The Bertz CT molecular complexity index is 1220. The third-order valence-corrected chi connectivity index (χ3v) is 5.00. The third-order valence-electron chi connectivity index (χ3n) is 5.00. The number of methoxy groups -OCH3 is 1. The standard InChI is InChI=1S/C23H23N3O2/c1-15(2)25-14-18(13-24-25)19-9-7-8-17-12-16(3)26(23(27)22(17)19)20-10-5-6-11-21(20)28-4/h5-15H,1-4H3. The molecule has 2 aromatic carbocycles. The largest absolute Gasteiger partial charge is 0.495 e. The van der Waals surface area contributed by atoms with Gasteiger partial charge in [-0.1, -0.05) is 30.3 Å². The molecule has 0 aliphatic rings. The molecule has 0 aliphatic carbocycles. The van der Waals surface area contributed by atoms with E-state index in [-0.39, 0.29) is 11.6 Å². The summed E-state index contributed by atoms with van der Waals surface area (Å²) in [6.45, 7) is 6.10. The van der Waals surface area contributed by atoms with Crippen LogP contribution in [-0.4, -0.2) is 21.5 Å². The van der Waals surface area contributed by atoms with Crippen molar-refractivity contribution in [1.82, 2.24) is 14.3 Å². The van der Waals surface area contributed by atoms with Gasteiger partial charge in [-0.2, -0.15) is 5.10 Å². The minimum atomic E-state index is -0.0626. The lowest BCUT2D eigenvalue weighted by atomic mass is 10.0. The Morgan fingerprint density at radius 3 is 2.57 bits per heavy atom. The van der Waals surface area contributed by atoms with Gasteiger partial charge in [0, 0.05) is 23.5 Å². The summed E-state index contributed by atoms with van der Waals surface area (Å²) in [4.78, 5) is 13.6. The highest BCUT2D eigenvalue weighted by molar-refractivity contribution is 5.96. The van der Waals surface area contributed by atoms with Crippen molar-refractivity contribution < 1.29 is 4.74 Å². The Kier molecular flexibility index (Phi) is 4.51. The van der Waals surface area contributed by atoms with Crippen molar-refractivity contribution in [3.8, 4) is 22.6 Å². The van der Waals surface area contributed by atoms with Gasteiger partial charge in [-0.3, -0.25) is 14.0 Å². The number of fused-ring (bicyclic) bond motifs is 1. The highest BCUT2D eigenvalue weighted by atomic mass is 16.5. The summed E-state index contributed by atoms with van der Waals surface area (Å²) < 4.78 is 9.12. The molecule has 0 saturated carbocycles. The fourth-order valence-electron chi connectivity index (χ4n) is 3.60. The Hall–Kier alpha value is -3.34. The van der Waals surface area contributed by atoms with Gasteiger partial charge < -0.3 is 4.74 Å². The molecule has 4 rings (SSSR count). The number of aryl methyl sites for hydroxylation is 1. The van der Waals surface area contributed by atoms with Gasteiger partial charge in [0.25, 0.3) is 5.56 Å². The van der Waals surface area contributed by atoms with Crippen LogP contribution in [0, 0.1) is 6.92 Å². The van der Waals surface area contributed by atoms with Gasteiger partial charge in [0.05, 0.1) is 24.4 Å². The van der Waals surface area contributed by atoms with Crippen LogP contribution in [-0.2, 0) is 0 Å². The van der Waals surface area contributed by atoms with Crippen LogP contribution >= 0.6 is 0 Å². The SMILES string of the molecule is COc1ccccc1-n1c(C)cc2cccc(-c3cnn(C(C)C)c3)c2c1=O. The topological polar surface area (TPSA) is 49.0 Å². The maximum Gasteiger partial charge on any atom is 0.263 e. The summed E-state index contributed by atoms with van der Waals surface area (Å²) in [5, 5.41) is 6.04. The van der Waals surface area contributed by atoms with Crippen molar-refractivity contribution in [2.24, 2.45) is 0 Å². The smallest absolute Gasteiger partial charge is 0.263 e. The fraction of sp³-hybridized carbons (Fsp3) is 0.217. The van der Waals surface area contributed by atoms with Crippen LogP contribution in [0.2, 0.25) is 0 Å². The Labute approximate surface area is 163 Å². The predicted molar refractivity (Wildman–Crippen MR) is 112 cm³/mol. The number of para-hydroxylation sites is 2. The van der Waals surface area contributed by atoms with Crippen molar-refractivity contribution in [2.45, 2.75) is 26.8 Å². The number of pyridine rings is 1. The molecule has 142 valence electrons. The molecule has 4 aromatic rings. The van der Waals surface area contributed by atoms with Crippen LogP contribution in [0.4, 0.5) is 0 Å². The second-order valence-electron chi connectivity index (χ2n) is 7.17. The van der Waals surface area contributed by atoms with E-state index in [1.165, 1.54) is 0 Å². The van der Waals surface area contributed by atoms with Gasteiger partial charge in [0.15, 0.2) is 0 Å². The van der Waals surface area contributed by atoms with E-state index in [0.29, 0.717) is 11.1 Å². The highest BCUT2D eigenvalue weighted by Crippen LogP contribution is 2.29. The summed E-state index contributed by atoms with van der Waals surface area (Å²) in [5.41, 5.74) is 3.36. The van der Waals surface area contributed by atoms with Gasteiger partial charge in [-0.05, 0) is 49.9 Å². The summed E-state index contributed by atoms with van der Waals surface area (Å²) in [7, 11) is 1.62. The molecule has 2 heterocycles. The number of nitrogens with zero attached hydrogens (tertiary/aromatic N) is 3. The molecule has 0 bridgehead atoms. The maximum atomic E-state index is 13.6. The average Bonchev–Trinajstić information content (AvgIpc) is 3.18. The molecule has 0 spiro atoms. The van der Waals surface area contributed by atoms with E-state index in [4.69, 9.17) is 4.74 Å². The van der Waals surface area contributed by atoms with Crippen molar-refractivity contribution >= 4 is 10.8 Å². The number of hydrogen-bond donors (Lipinski definition) is 0. The number of hydrogen-bond acceptors (Lipinski definition) is 3. The quantitative estimate of drug-likeness (QED) is 0.519. The second kappa shape index (κ2) is 7.00. The maximum absolute atomic E-state index is 13.6. The van der Waals surface area contributed by atoms with Crippen LogP contribution in [0.25, 0.3) is 27.6 Å². The minimum absolute atomic E-state index is 0.0626. The first-order valence-electron chi connectivity index (χ1n) is 9.34. The van der Waals surface area contributed by atoms with Crippen molar-refractivity contribution in [3.63, 3.8) is 0 Å². The molecule has 0 aliphatic heterocycles. The number of benzene rings is 2. The first kappa shape index (κ1) is 18.0. The van der Waals surface area contributed by atoms with Crippen LogP contribution in [0.1, 0.15) is 25.6 Å². The number of aromatic nitrogens is 3. The van der Waals surface area contributed by atoms with Crippen LogP contribution in [0.15, 0.2) is 65.7 Å². The lowest BCUT2D eigenvalue weighted by molar-refractivity contribution is 0.412. The second-order valence-corrected chi connectivity index (χ2v) is 7.17. The van der Waals surface area contributed by atoms with Crippen molar-refractivity contribution in [1.29, 1.82) is 0 Å². The molecule has 0 N–H and O–H groups in total. The summed E-state index contributed by atoms with van der Waals surface area (Å²) in [6.07, 6.45) is 3.81. The molecule has 5 nitrogen and oxygen atoms in total.